The highest BCUT2D eigenvalue weighted by Crippen LogP contribution is 2.26. The number of piperidine rings is 1. The minimum absolute atomic E-state index is 0.201. The molecule has 0 radical (unpaired) electrons. The second-order valence-electron chi connectivity index (χ2n) is 7.70. The highest BCUT2D eigenvalue weighted by atomic mass is 16.1. The molecule has 2 heterocycles. The van der Waals surface area contributed by atoms with E-state index in [2.05, 4.69) is 51.6 Å². The lowest BCUT2D eigenvalue weighted by molar-refractivity contribution is 0.102. The number of anilines is 2. The first-order valence-electron chi connectivity index (χ1n) is 10.3. The molecule has 0 unspecified atom stereocenters. The minimum atomic E-state index is -0.201. The van der Waals surface area contributed by atoms with Gasteiger partial charge in [-0.15, -0.1) is 0 Å². The third kappa shape index (κ3) is 4.84. The van der Waals surface area contributed by atoms with E-state index >= 15 is 0 Å². The zero-order valence-corrected chi connectivity index (χ0v) is 16.8. The molecule has 5 heteroatoms. The SMILES string of the molecule is N#Cc1ccc(NC(=O)c2cncc(N3CCC(Cc4ccccc4)CC3)c2)cc1. The van der Waals surface area contributed by atoms with Crippen LogP contribution >= 0.6 is 0 Å². The molecule has 0 aliphatic carbocycles. The molecule has 1 aromatic heterocycles. The van der Waals surface area contributed by atoms with Gasteiger partial charge < -0.3 is 10.2 Å². The maximum Gasteiger partial charge on any atom is 0.257 e. The quantitative estimate of drug-likeness (QED) is 0.681. The molecule has 0 saturated carbocycles. The Morgan fingerprint density at radius 1 is 1.07 bits per heavy atom. The van der Waals surface area contributed by atoms with Crippen LogP contribution in [-0.2, 0) is 6.42 Å². The van der Waals surface area contributed by atoms with Crippen molar-refractivity contribution in [2.75, 3.05) is 23.3 Å². The lowest BCUT2D eigenvalue weighted by Crippen LogP contribution is -2.34. The number of nitrogens with zero attached hydrogens (tertiary/aromatic N) is 3. The summed E-state index contributed by atoms with van der Waals surface area (Å²) in [5, 5.41) is 11.7. The van der Waals surface area contributed by atoms with Gasteiger partial charge in [0.2, 0.25) is 0 Å². The van der Waals surface area contributed by atoms with E-state index in [1.165, 1.54) is 5.56 Å². The first-order valence-corrected chi connectivity index (χ1v) is 10.3. The molecule has 0 bridgehead atoms. The van der Waals surface area contributed by atoms with Crippen molar-refractivity contribution >= 4 is 17.3 Å². The van der Waals surface area contributed by atoms with Crippen molar-refractivity contribution in [2.24, 2.45) is 5.92 Å². The van der Waals surface area contributed by atoms with Gasteiger partial charge in [-0.1, -0.05) is 30.3 Å². The summed E-state index contributed by atoms with van der Waals surface area (Å²) in [7, 11) is 0. The Hall–Kier alpha value is -3.65. The molecule has 4 rings (SSSR count). The van der Waals surface area contributed by atoms with Crippen molar-refractivity contribution in [1.82, 2.24) is 4.98 Å². The molecule has 0 atom stereocenters. The number of carbonyl (C=O) groups excluding carboxylic acids is 1. The van der Waals surface area contributed by atoms with Gasteiger partial charge in [-0.05, 0) is 61.1 Å². The summed E-state index contributed by atoms with van der Waals surface area (Å²) in [5.41, 5.74) is 4.14. The fraction of sp³-hybridized carbons (Fsp3) is 0.240. The zero-order valence-electron chi connectivity index (χ0n) is 16.8. The average molecular weight is 396 g/mol. The molecule has 1 amide bonds. The fourth-order valence-corrected chi connectivity index (χ4v) is 3.90. The summed E-state index contributed by atoms with van der Waals surface area (Å²) in [5.74, 6) is 0.493. The minimum Gasteiger partial charge on any atom is -0.370 e. The Kier molecular flexibility index (Phi) is 6.05. The van der Waals surface area contributed by atoms with Gasteiger partial charge in [-0.25, -0.2) is 0 Å². The van der Waals surface area contributed by atoms with Crippen molar-refractivity contribution < 1.29 is 4.79 Å². The highest BCUT2D eigenvalue weighted by Gasteiger charge is 2.20. The van der Waals surface area contributed by atoms with Crippen LogP contribution < -0.4 is 10.2 Å². The topological polar surface area (TPSA) is 69.0 Å². The Labute approximate surface area is 177 Å². The molecule has 1 aliphatic heterocycles. The van der Waals surface area contributed by atoms with E-state index in [0.717, 1.165) is 38.0 Å². The number of nitriles is 1. The Morgan fingerprint density at radius 3 is 2.50 bits per heavy atom. The van der Waals surface area contributed by atoms with E-state index in [-0.39, 0.29) is 5.91 Å². The second kappa shape index (κ2) is 9.23. The highest BCUT2D eigenvalue weighted by molar-refractivity contribution is 6.04. The third-order valence-corrected chi connectivity index (χ3v) is 5.60. The van der Waals surface area contributed by atoms with Crippen LogP contribution in [0.2, 0.25) is 0 Å². The van der Waals surface area contributed by atoms with E-state index in [9.17, 15) is 4.79 Å². The molecule has 150 valence electrons. The zero-order chi connectivity index (χ0) is 20.8. The van der Waals surface area contributed by atoms with Gasteiger partial charge >= 0.3 is 0 Å². The van der Waals surface area contributed by atoms with Gasteiger partial charge in [-0.2, -0.15) is 5.26 Å². The number of benzene rings is 2. The molecular formula is C25H24N4O. The molecule has 2 aromatic carbocycles. The number of hydrogen-bond donors (Lipinski definition) is 1. The lowest BCUT2D eigenvalue weighted by Gasteiger charge is -2.33. The van der Waals surface area contributed by atoms with Gasteiger partial charge in [0.05, 0.1) is 29.1 Å². The van der Waals surface area contributed by atoms with Crippen LogP contribution in [0.25, 0.3) is 0 Å². The predicted octanol–water partition coefficient (Wildman–Crippen LogP) is 4.66. The normalized spacial score (nSPS) is 14.2. The monoisotopic (exact) mass is 396 g/mol. The van der Waals surface area contributed by atoms with E-state index < -0.39 is 0 Å². The Balaban J connectivity index is 1.36. The number of pyridine rings is 1. The maximum atomic E-state index is 12.6. The number of nitrogens with one attached hydrogen (secondary N) is 1. The molecular weight excluding hydrogens is 372 g/mol. The predicted molar refractivity (Wildman–Crippen MR) is 118 cm³/mol. The van der Waals surface area contributed by atoms with Crippen molar-refractivity contribution in [1.29, 1.82) is 5.26 Å². The first kappa shape index (κ1) is 19.7. The van der Waals surface area contributed by atoms with Crippen LogP contribution in [0.3, 0.4) is 0 Å². The van der Waals surface area contributed by atoms with E-state index in [0.29, 0.717) is 22.7 Å². The number of aromatic nitrogens is 1. The molecule has 5 nitrogen and oxygen atoms in total. The summed E-state index contributed by atoms with van der Waals surface area (Å²) >= 11 is 0. The number of rotatable bonds is 5. The molecule has 3 aromatic rings. The van der Waals surface area contributed by atoms with Crippen LogP contribution in [-0.4, -0.2) is 24.0 Å². The molecule has 1 saturated heterocycles. The van der Waals surface area contributed by atoms with Crippen molar-refractivity contribution in [3.63, 3.8) is 0 Å². The van der Waals surface area contributed by atoms with E-state index in [1.807, 2.05) is 12.3 Å². The summed E-state index contributed by atoms with van der Waals surface area (Å²) in [6, 6.07) is 21.5. The van der Waals surface area contributed by atoms with Gasteiger partial charge in [0.1, 0.15) is 0 Å². The molecule has 1 N–H and O–H groups in total. The Morgan fingerprint density at radius 2 is 1.80 bits per heavy atom. The van der Waals surface area contributed by atoms with Crippen LogP contribution in [0.1, 0.15) is 34.3 Å². The van der Waals surface area contributed by atoms with Gasteiger partial charge in [0.25, 0.3) is 5.91 Å². The largest absolute Gasteiger partial charge is 0.370 e. The van der Waals surface area contributed by atoms with Crippen LogP contribution in [0.4, 0.5) is 11.4 Å². The van der Waals surface area contributed by atoms with Gasteiger partial charge in [-0.3, -0.25) is 9.78 Å². The second-order valence-corrected chi connectivity index (χ2v) is 7.70. The standard InChI is InChI=1S/C25H24N4O/c26-16-21-6-8-23(9-7-21)28-25(30)22-15-24(18-27-17-22)29-12-10-20(11-13-29)14-19-4-2-1-3-5-19/h1-9,15,17-18,20H,10-14H2,(H,28,30). The molecule has 30 heavy (non-hydrogen) atoms. The smallest absolute Gasteiger partial charge is 0.257 e. The summed E-state index contributed by atoms with van der Waals surface area (Å²) < 4.78 is 0. The van der Waals surface area contributed by atoms with Crippen LogP contribution in [0, 0.1) is 17.2 Å². The first-order chi connectivity index (χ1) is 14.7. The van der Waals surface area contributed by atoms with Crippen molar-refractivity contribution in [3.8, 4) is 6.07 Å². The van der Waals surface area contributed by atoms with Crippen molar-refractivity contribution in [2.45, 2.75) is 19.3 Å². The average Bonchev–Trinajstić information content (AvgIpc) is 2.81. The van der Waals surface area contributed by atoms with Gasteiger partial charge in [0, 0.05) is 25.0 Å². The van der Waals surface area contributed by atoms with Crippen molar-refractivity contribution in [3.05, 3.63) is 89.7 Å². The van der Waals surface area contributed by atoms with E-state index in [1.54, 1.807) is 30.5 Å². The number of hydrogen-bond acceptors (Lipinski definition) is 4. The third-order valence-electron chi connectivity index (χ3n) is 5.60. The summed E-state index contributed by atoms with van der Waals surface area (Å²) in [6.45, 7) is 1.94. The molecule has 1 fully saturated rings. The lowest BCUT2D eigenvalue weighted by atomic mass is 9.90. The Bertz CT molecular complexity index is 1030. The fourth-order valence-electron chi connectivity index (χ4n) is 3.90. The van der Waals surface area contributed by atoms with Gasteiger partial charge in [0.15, 0.2) is 0 Å². The van der Waals surface area contributed by atoms with Crippen LogP contribution in [0.5, 0.6) is 0 Å². The summed E-state index contributed by atoms with van der Waals surface area (Å²) in [4.78, 5) is 19.2. The number of carbonyl (C=O) groups is 1. The van der Waals surface area contributed by atoms with E-state index in [4.69, 9.17) is 5.26 Å². The molecule has 0 spiro atoms. The van der Waals surface area contributed by atoms with Crippen LogP contribution in [0.15, 0.2) is 73.1 Å². The maximum absolute atomic E-state index is 12.6. The number of amides is 1. The summed E-state index contributed by atoms with van der Waals surface area (Å²) in [6.07, 6.45) is 6.81. The molecule has 1 aliphatic rings.